The van der Waals surface area contributed by atoms with Gasteiger partial charge in [-0.15, -0.1) is 11.3 Å². The van der Waals surface area contributed by atoms with Crippen LogP contribution in [-0.4, -0.2) is 28.4 Å². The van der Waals surface area contributed by atoms with Gasteiger partial charge in [0.05, 0.1) is 17.7 Å². The van der Waals surface area contributed by atoms with Crippen molar-refractivity contribution in [2.75, 3.05) is 6.54 Å². The summed E-state index contributed by atoms with van der Waals surface area (Å²) in [5, 5.41) is 1.94. The molecule has 1 aliphatic heterocycles. The molecule has 1 amide bonds. The van der Waals surface area contributed by atoms with Crippen LogP contribution in [0.3, 0.4) is 0 Å². The summed E-state index contributed by atoms with van der Waals surface area (Å²) in [5.41, 5.74) is 8.14. The first-order chi connectivity index (χ1) is 5.77. The number of amides is 1. The molecule has 64 valence electrons. The molecule has 4 nitrogen and oxygen atoms in total. The highest BCUT2D eigenvalue weighted by molar-refractivity contribution is 7.07. The number of hydrogen-bond acceptors (Lipinski definition) is 4. The summed E-state index contributed by atoms with van der Waals surface area (Å²) in [5.74, 6) is 0.0306. The summed E-state index contributed by atoms with van der Waals surface area (Å²) < 4.78 is 0. The van der Waals surface area contributed by atoms with E-state index in [-0.39, 0.29) is 11.9 Å². The molecule has 0 spiro atoms. The van der Waals surface area contributed by atoms with Crippen molar-refractivity contribution in [1.82, 2.24) is 9.88 Å². The average molecular weight is 183 g/mol. The Bertz CT molecular complexity index is 285. The molecule has 1 fully saturated rings. The van der Waals surface area contributed by atoms with Crippen molar-refractivity contribution in [3.63, 3.8) is 0 Å². The number of carbonyl (C=O) groups excluding carboxylic acids is 1. The molecule has 1 unspecified atom stereocenters. The molecule has 1 aromatic heterocycles. The number of carbonyl (C=O) groups is 1. The summed E-state index contributed by atoms with van der Waals surface area (Å²) in [6.07, 6.45) is 0. The van der Waals surface area contributed by atoms with Crippen LogP contribution in [0.4, 0.5) is 0 Å². The van der Waals surface area contributed by atoms with Crippen molar-refractivity contribution in [3.05, 3.63) is 16.6 Å². The molecule has 2 heterocycles. The number of hydrogen-bond donors (Lipinski definition) is 1. The van der Waals surface area contributed by atoms with Crippen molar-refractivity contribution < 1.29 is 4.79 Å². The van der Waals surface area contributed by atoms with Gasteiger partial charge < -0.3 is 10.6 Å². The van der Waals surface area contributed by atoms with Gasteiger partial charge in [0.15, 0.2) is 0 Å². The van der Waals surface area contributed by atoms with Crippen molar-refractivity contribution in [1.29, 1.82) is 0 Å². The lowest BCUT2D eigenvalue weighted by Crippen LogP contribution is -2.60. The predicted octanol–water partition coefficient (Wildman–Crippen LogP) is -0.187. The largest absolute Gasteiger partial charge is 0.333 e. The van der Waals surface area contributed by atoms with Crippen LogP contribution in [0.25, 0.3) is 0 Å². The van der Waals surface area contributed by atoms with Crippen LogP contribution in [0, 0.1) is 0 Å². The number of aromatic nitrogens is 1. The lowest BCUT2D eigenvalue weighted by molar-refractivity contribution is -0.143. The van der Waals surface area contributed by atoms with Crippen molar-refractivity contribution in [2.24, 2.45) is 5.73 Å². The fourth-order valence-electron chi connectivity index (χ4n) is 1.18. The van der Waals surface area contributed by atoms with Crippen LogP contribution >= 0.6 is 11.3 Å². The maximum atomic E-state index is 11.1. The standard InChI is InChI=1S/C7H9N3OS/c8-6-2-10(7(6)11)1-5-3-12-4-9-5/h3-4,6H,1-2,8H2. The maximum absolute atomic E-state index is 11.1. The Morgan fingerprint density at radius 1 is 1.83 bits per heavy atom. The molecule has 1 aromatic rings. The van der Waals surface area contributed by atoms with Gasteiger partial charge in [-0.05, 0) is 0 Å². The minimum absolute atomic E-state index is 0.0306. The Kier molecular flexibility index (Phi) is 1.82. The van der Waals surface area contributed by atoms with Crippen molar-refractivity contribution in [2.45, 2.75) is 12.6 Å². The number of rotatable bonds is 2. The molecule has 0 aliphatic carbocycles. The molecule has 2 rings (SSSR count). The van der Waals surface area contributed by atoms with Crippen LogP contribution in [0.5, 0.6) is 0 Å². The second-order valence-electron chi connectivity index (χ2n) is 2.81. The topological polar surface area (TPSA) is 59.2 Å². The SMILES string of the molecule is NC1CN(Cc2cscn2)C1=O. The van der Waals surface area contributed by atoms with Crippen LogP contribution < -0.4 is 5.73 Å². The predicted molar refractivity (Wildman–Crippen MR) is 45.5 cm³/mol. The number of likely N-dealkylation sites (tertiary alicyclic amines) is 1. The first kappa shape index (κ1) is 7.70. The Balaban J connectivity index is 1.94. The van der Waals surface area contributed by atoms with Crippen molar-refractivity contribution in [3.8, 4) is 0 Å². The Morgan fingerprint density at radius 3 is 3.17 bits per heavy atom. The monoisotopic (exact) mass is 183 g/mol. The van der Waals surface area contributed by atoms with E-state index in [0.717, 1.165) is 5.69 Å². The van der Waals surface area contributed by atoms with Gasteiger partial charge in [-0.1, -0.05) is 0 Å². The molecule has 0 aromatic carbocycles. The summed E-state index contributed by atoms with van der Waals surface area (Å²) in [4.78, 5) is 16.9. The molecule has 12 heavy (non-hydrogen) atoms. The molecular formula is C7H9N3OS. The number of nitrogens with two attached hydrogens (primary N) is 1. The van der Waals surface area contributed by atoms with Crippen LogP contribution in [0.15, 0.2) is 10.9 Å². The third-order valence-corrected chi connectivity index (χ3v) is 2.52. The Morgan fingerprint density at radius 2 is 2.67 bits per heavy atom. The van der Waals surface area contributed by atoms with E-state index in [1.54, 1.807) is 10.4 Å². The Labute approximate surface area is 74.0 Å². The molecule has 0 saturated carbocycles. The lowest BCUT2D eigenvalue weighted by atomic mass is 10.1. The van der Waals surface area contributed by atoms with Crippen LogP contribution in [-0.2, 0) is 11.3 Å². The highest BCUT2D eigenvalue weighted by Gasteiger charge is 2.33. The van der Waals surface area contributed by atoms with E-state index in [9.17, 15) is 4.79 Å². The third kappa shape index (κ3) is 1.21. The van der Waals surface area contributed by atoms with Crippen LogP contribution in [0.1, 0.15) is 5.69 Å². The minimum atomic E-state index is -0.274. The molecule has 1 aliphatic rings. The van der Waals surface area contributed by atoms with Gasteiger partial charge in [-0.25, -0.2) is 4.98 Å². The fourth-order valence-corrected chi connectivity index (χ4v) is 1.73. The lowest BCUT2D eigenvalue weighted by Gasteiger charge is -2.35. The van der Waals surface area contributed by atoms with Crippen LogP contribution in [0.2, 0.25) is 0 Å². The first-order valence-corrected chi connectivity index (χ1v) is 4.63. The zero-order chi connectivity index (χ0) is 8.55. The highest BCUT2D eigenvalue weighted by atomic mass is 32.1. The van der Waals surface area contributed by atoms with E-state index in [2.05, 4.69) is 4.98 Å². The Hall–Kier alpha value is -0.940. The van der Waals surface area contributed by atoms with Gasteiger partial charge in [0, 0.05) is 11.9 Å². The molecule has 2 N–H and O–H groups in total. The summed E-state index contributed by atoms with van der Waals surface area (Å²) in [7, 11) is 0. The van der Waals surface area contributed by atoms with Gasteiger partial charge in [0.2, 0.25) is 5.91 Å². The molecule has 0 radical (unpaired) electrons. The zero-order valence-electron chi connectivity index (χ0n) is 6.43. The van der Waals surface area contributed by atoms with E-state index in [1.165, 1.54) is 11.3 Å². The molecule has 0 bridgehead atoms. The van der Waals surface area contributed by atoms with Gasteiger partial charge >= 0.3 is 0 Å². The molecule has 5 heteroatoms. The zero-order valence-corrected chi connectivity index (χ0v) is 7.25. The van der Waals surface area contributed by atoms with E-state index in [1.807, 2.05) is 5.38 Å². The number of thiazole rings is 1. The second kappa shape index (κ2) is 2.84. The van der Waals surface area contributed by atoms with Crippen molar-refractivity contribution >= 4 is 17.2 Å². The molecular weight excluding hydrogens is 174 g/mol. The van der Waals surface area contributed by atoms with Gasteiger partial charge in [-0.3, -0.25) is 4.79 Å². The van der Waals surface area contributed by atoms with E-state index in [4.69, 9.17) is 5.73 Å². The fraction of sp³-hybridized carbons (Fsp3) is 0.429. The minimum Gasteiger partial charge on any atom is -0.333 e. The average Bonchev–Trinajstić information content (AvgIpc) is 2.56. The van der Waals surface area contributed by atoms with E-state index < -0.39 is 0 Å². The number of nitrogens with zero attached hydrogens (tertiary/aromatic N) is 2. The molecule has 1 saturated heterocycles. The smallest absolute Gasteiger partial charge is 0.241 e. The summed E-state index contributed by atoms with van der Waals surface area (Å²) in [6, 6.07) is -0.274. The summed E-state index contributed by atoms with van der Waals surface area (Å²) >= 11 is 1.54. The van der Waals surface area contributed by atoms with E-state index in [0.29, 0.717) is 13.1 Å². The summed E-state index contributed by atoms with van der Waals surface area (Å²) in [6.45, 7) is 1.27. The quantitative estimate of drug-likeness (QED) is 0.647. The maximum Gasteiger partial charge on any atom is 0.241 e. The highest BCUT2D eigenvalue weighted by Crippen LogP contribution is 2.12. The molecule has 1 atom stereocenters. The van der Waals surface area contributed by atoms with E-state index >= 15 is 0 Å². The normalized spacial score (nSPS) is 22.6. The van der Waals surface area contributed by atoms with Gasteiger partial charge in [-0.2, -0.15) is 0 Å². The second-order valence-corrected chi connectivity index (χ2v) is 3.52. The first-order valence-electron chi connectivity index (χ1n) is 3.69. The third-order valence-electron chi connectivity index (χ3n) is 1.88. The van der Waals surface area contributed by atoms with Gasteiger partial charge in [0.1, 0.15) is 6.04 Å². The number of β-lactam (4-membered cyclic amide) rings is 1. The van der Waals surface area contributed by atoms with Gasteiger partial charge in [0.25, 0.3) is 0 Å².